The van der Waals surface area contributed by atoms with E-state index in [1.807, 2.05) is 12.4 Å². The highest BCUT2D eigenvalue weighted by atomic mass is 14.9. The summed E-state index contributed by atoms with van der Waals surface area (Å²) in [6.45, 7) is 1.11. The van der Waals surface area contributed by atoms with Crippen molar-refractivity contribution in [2.24, 2.45) is 0 Å². The predicted molar refractivity (Wildman–Crippen MR) is 72.1 cm³/mol. The monoisotopic (exact) mass is 232 g/mol. The molecule has 1 aliphatic rings. The van der Waals surface area contributed by atoms with E-state index in [4.69, 9.17) is 0 Å². The first-order chi connectivity index (χ1) is 8.45. The molecule has 1 aromatic rings. The van der Waals surface area contributed by atoms with Gasteiger partial charge in [-0.05, 0) is 43.5 Å². The molecular weight excluding hydrogens is 208 g/mol. The van der Waals surface area contributed by atoms with Crippen LogP contribution in [0, 0.1) is 0 Å². The smallest absolute Gasteiger partial charge is 0.0270 e. The van der Waals surface area contributed by atoms with E-state index in [0.717, 1.165) is 19.0 Å². The Morgan fingerprint density at radius 3 is 2.35 bits per heavy atom. The molecule has 1 heterocycles. The number of hydrogen-bond acceptors (Lipinski definition) is 2. The molecule has 17 heavy (non-hydrogen) atoms. The third kappa shape index (κ3) is 4.86. The van der Waals surface area contributed by atoms with Gasteiger partial charge in [-0.3, -0.25) is 4.98 Å². The average Bonchev–Trinajstić information content (AvgIpc) is 2.33. The highest BCUT2D eigenvalue weighted by molar-refractivity contribution is 5.09. The zero-order chi connectivity index (χ0) is 11.8. The topological polar surface area (TPSA) is 24.9 Å². The molecule has 0 saturated heterocycles. The zero-order valence-electron chi connectivity index (χ0n) is 10.7. The molecule has 0 bridgehead atoms. The number of hydrogen-bond donors (Lipinski definition) is 1. The molecule has 2 heteroatoms. The lowest BCUT2D eigenvalue weighted by molar-refractivity contribution is 0.392. The zero-order valence-corrected chi connectivity index (χ0v) is 10.7. The van der Waals surface area contributed by atoms with Crippen LogP contribution in [-0.2, 0) is 6.42 Å². The van der Waals surface area contributed by atoms with Crippen molar-refractivity contribution in [2.75, 3.05) is 6.54 Å². The van der Waals surface area contributed by atoms with Crippen LogP contribution in [0.2, 0.25) is 0 Å². The summed E-state index contributed by atoms with van der Waals surface area (Å²) >= 11 is 0. The van der Waals surface area contributed by atoms with Crippen molar-refractivity contribution in [1.29, 1.82) is 0 Å². The molecule has 0 spiro atoms. The molecule has 0 amide bonds. The van der Waals surface area contributed by atoms with Crippen molar-refractivity contribution in [1.82, 2.24) is 10.3 Å². The van der Waals surface area contributed by atoms with Gasteiger partial charge in [0.25, 0.3) is 0 Å². The lowest BCUT2D eigenvalue weighted by Crippen LogP contribution is -2.31. The number of rotatable bonds is 4. The van der Waals surface area contributed by atoms with Crippen LogP contribution in [0.15, 0.2) is 24.5 Å². The fourth-order valence-corrected chi connectivity index (χ4v) is 2.63. The molecule has 2 rings (SSSR count). The van der Waals surface area contributed by atoms with E-state index in [-0.39, 0.29) is 0 Å². The van der Waals surface area contributed by atoms with Gasteiger partial charge in [-0.15, -0.1) is 0 Å². The first-order valence-corrected chi connectivity index (χ1v) is 7.07. The maximum Gasteiger partial charge on any atom is 0.0270 e. The Morgan fingerprint density at radius 2 is 1.65 bits per heavy atom. The fraction of sp³-hybridized carbons (Fsp3) is 0.667. The van der Waals surface area contributed by atoms with Crippen molar-refractivity contribution in [3.63, 3.8) is 0 Å². The van der Waals surface area contributed by atoms with Gasteiger partial charge in [-0.2, -0.15) is 0 Å². The van der Waals surface area contributed by atoms with Crippen molar-refractivity contribution in [3.05, 3.63) is 30.1 Å². The summed E-state index contributed by atoms with van der Waals surface area (Å²) in [5.74, 6) is 0. The fourth-order valence-electron chi connectivity index (χ4n) is 2.63. The normalized spacial score (nSPS) is 18.6. The molecule has 0 atom stereocenters. The van der Waals surface area contributed by atoms with E-state index in [2.05, 4.69) is 22.4 Å². The van der Waals surface area contributed by atoms with Crippen LogP contribution in [0.4, 0.5) is 0 Å². The minimum atomic E-state index is 0.761. The van der Waals surface area contributed by atoms with Crippen LogP contribution < -0.4 is 5.32 Å². The van der Waals surface area contributed by atoms with Gasteiger partial charge in [0.05, 0.1) is 0 Å². The van der Waals surface area contributed by atoms with Crippen molar-refractivity contribution >= 4 is 0 Å². The molecule has 0 aromatic carbocycles. The van der Waals surface area contributed by atoms with E-state index < -0.39 is 0 Å². The second kappa shape index (κ2) is 7.44. The van der Waals surface area contributed by atoms with Gasteiger partial charge in [0.1, 0.15) is 0 Å². The molecule has 0 aliphatic heterocycles. The van der Waals surface area contributed by atoms with Crippen LogP contribution in [0.5, 0.6) is 0 Å². The van der Waals surface area contributed by atoms with Crippen LogP contribution in [0.1, 0.15) is 50.5 Å². The summed E-state index contributed by atoms with van der Waals surface area (Å²) in [5, 5.41) is 3.72. The maximum absolute atomic E-state index is 4.05. The lowest BCUT2D eigenvalue weighted by Gasteiger charge is -2.21. The first kappa shape index (κ1) is 12.6. The van der Waals surface area contributed by atoms with E-state index >= 15 is 0 Å². The maximum atomic E-state index is 4.05. The summed E-state index contributed by atoms with van der Waals surface area (Å²) in [5.41, 5.74) is 1.39. The Balaban J connectivity index is 1.66. The Bertz CT molecular complexity index is 289. The lowest BCUT2D eigenvalue weighted by atomic mass is 9.96. The molecule has 94 valence electrons. The van der Waals surface area contributed by atoms with Gasteiger partial charge in [0, 0.05) is 18.4 Å². The Hall–Kier alpha value is -0.890. The molecule has 1 aliphatic carbocycles. The van der Waals surface area contributed by atoms with Gasteiger partial charge in [0.2, 0.25) is 0 Å². The molecule has 0 unspecified atom stereocenters. The van der Waals surface area contributed by atoms with E-state index in [1.54, 1.807) is 0 Å². The molecule has 1 N–H and O–H groups in total. The highest BCUT2D eigenvalue weighted by Crippen LogP contribution is 2.16. The standard InChI is InChI=1S/C15H24N2/c1-2-4-6-15(7-5-3-1)17-13-10-14-8-11-16-12-9-14/h8-9,11-12,15,17H,1-7,10,13H2. The number of pyridine rings is 1. The van der Waals surface area contributed by atoms with Gasteiger partial charge in [-0.25, -0.2) is 0 Å². The van der Waals surface area contributed by atoms with Crippen LogP contribution in [0.25, 0.3) is 0 Å². The molecule has 1 saturated carbocycles. The summed E-state index contributed by atoms with van der Waals surface area (Å²) in [6.07, 6.45) is 14.8. The summed E-state index contributed by atoms with van der Waals surface area (Å²) in [6, 6.07) is 4.98. The minimum absolute atomic E-state index is 0.761. The third-order valence-corrected chi connectivity index (χ3v) is 3.70. The van der Waals surface area contributed by atoms with Crippen molar-refractivity contribution in [3.8, 4) is 0 Å². The molecule has 1 aromatic heterocycles. The van der Waals surface area contributed by atoms with Crippen LogP contribution in [0.3, 0.4) is 0 Å². The molecular formula is C15H24N2. The minimum Gasteiger partial charge on any atom is -0.314 e. The number of aromatic nitrogens is 1. The molecule has 2 nitrogen and oxygen atoms in total. The largest absolute Gasteiger partial charge is 0.314 e. The van der Waals surface area contributed by atoms with Crippen LogP contribution >= 0.6 is 0 Å². The Morgan fingerprint density at radius 1 is 1.00 bits per heavy atom. The van der Waals surface area contributed by atoms with Gasteiger partial charge in [-0.1, -0.05) is 32.1 Å². The van der Waals surface area contributed by atoms with Gasteiger partial charge >= 0.3 is 0 Å². The first-order valence-electron chi connectivity index (χ1n) is 7.07. The summed E-state index contributed by atoms with van der Waals surface area (Å²) in [7, 11) is 0. The summed E-state index contributed by atoms with van der Waals surface area (Å²) < 4.78 is 0. The predicted octanol–water partition coefficient (Wildman–Crippen LogP) is 3.33. The number of nitrogens with one attached hydrogen (secondary N) is 1. The van der Waals surface area contributed by atoms with Gasteiger partial charge in [0.15, 0.2) is 0 Å². The Kier molecular flexibility index (Phi) is 5.50. The summed E-state index contributed by atoms with van der Waals surface area (Å²) in [4.78, 5) is 4.05. The second-order valence-electron chi connectivity index (χ2n) is 5.10. The van der Waals surface area contributed by atoms with E-state index in [1.165, 1.54) is 50.5 Å². The van der Waals surface area contributed by atoms with E-state index in [0.29, 0.717) is 0 Å². The highest BCUT2D eigenvalue weighted by Gasteiger charge is 2.09. The van der Waals surface area contributed by atoms with Crippen molar-refractivity contribution < 1.29 is 0 Å². The van der Waals surface area contributed by atoms with E-state index in [9.17, 15) is 0 Å². The van der Waals surface area contributed by atoms with Crippen molar-refractivity contribution in [2.45, 2.75) is 57.4 Å². The second-order valence-corrected chi connectivity index (χ2v) is 5.10. The Labute approximate surface area is 105 Å². The third-order valence-electron chi connectivity index (χ3n) is 3.70. The quantitative estimate of drug-likeness (QED) is 0.861. The molecule has 1 fully saturated rings. The van der Waals surface area contributed by atoms with Crippen LogP contribution in [-0.4, -0.2) is 17.6 Å². The SMILES string of the molecule is c1cc(CCNC2CCCCCCC2)ccn1. The molecule has 0 radical (unpaired) electrons. The average molecular weight is 232 g/mol. The number of nitrogens with zero attached hydrogens (tertiary/aromatic N) is 1. The van der Waals surface area contributed by atoms with Gasteiger partial charge < -0.3 is 5.32 Å².